The molecule has 2 aromatic carbocycles. The van der Waals surface area contributed by atoms with Crippen LogP contribution in [0.4, 0.5) is 0 Å². The number of benzene rings is 2. The van der Waals surface area contributed by atoms with Gasteiger partial charge in [0.25, 0.3) is 0 Å². The van der Waals surface area contributed by atoms with Crippen LogP contribution in [0, 0.1) is 0 Å². The SMILES string of the molecule is CC(N)(Cc1ccc(Br)cc1)c1ccccc1Br. The fraction of sp³-hybridized carbons (Fsp3) is 0.200. The zero-order valence-corrected chi connectivity index (χ0v) is 13.3. The third-order valence-electron chi connectivity index (χ3n) is 2.97. The number of hydrogen-bond donors (Lipinski definition) is 1. The van der Waals surface area contributed by atoms with E-state index in [1.807, 2.05) is 30.3 Å². The molecule has 0 aliphatic heterocycles. The van der Waals surface area contributed by atoms with Gasteiger partial charge in [0.05, 0.1) is 0 Å². The Morgan fingerprint density at radius 1 is 1.00 bits per heavy atom. The Labute approximate surface area is 125 Å². The van der Waals surface area contributed by atoms with Crippen molar-refractivity contribution in [1.82, 2.24) is 0 Å². The Hall–Kier alpha value is -0.640. The van der Waals surface area contributed by atoms with E-state index in [-0.39, 0.29) is 5.54 Å². The van der Waals surface area contributed by atoms with Crippen LogP contribution in [0.1, 0.15) is 18.1 Å². The van der Waals surface area contributed by atoms with Gasteiger partial charge < -0.3 is 5.73 Å². The topological polar surface area (TPSA) is 26.0 Å². The molecular formula is C15H15Br2N. The standard InChI is InChI=1S/C15H15Br2N/c1-15(18,13-4-2-3-5-14(13)17)10-11-6-8-12(16)9-7-11/h2-9H,10,18H2,1H3. The zero-order chi connectivity index (χ0) is 13.2. The van der Waals surface area contributed by atoms with Crippen molar-refractivity contribution < 1.29 is 0 Å². The lowest BCUT2D eigenvalue weighted by molar-refractivity contribution is 0.489. The van der Waals surface area contributed by atoms with Gasteiger partial charge in [0.2, 0.25) is 0 Å². The molecule has 0 bridgehead atoms. The third kappa shape index (κ3) is 3.22. The first-order valence-corrected chi connectivity index (χ1v) is 7.36. The van der Waals surface area contributed by atoms with Crippen LogP contribution in [-0.4, -0.2) is 0 Å². The van der Waals surface area contributed by atoms with Gasteiger partial charge in [-0.05, 0) is 42.7 Å². The lowest BCUT2D eigenvalue weighted by Crippen LogP contribution is -2.35. The first-order chi connectivity index (χ1) is 8.49. The molecule has 0 heterocycles. The second kappa shape index (κ2) is 5.55. The van der Waals surface area contributed by atoms with Crippen LogP contribution in [0.5, 0.6) is 0 Å². The third-order valence-corrected chi connectivity index (χ3v) is 4.19. The number of halogens is 2. The van der Waals surface area contributed by atoms with Crippen LogP contribution in [0.2, 0.25) is 0 Å². The van der Waals surface area contributed by atoms with Crippen LogP contribution in [0.3, 0.4) is 0 Å². The van der Waals surface area contributed by atoms with Gasteiger partial charge in [-0.15, -0.1) is 0 Å². The molecule has 1 atom stereocenters. The summed E-state index contributed by atoms with van der Waals surface area (Å²) >= 11 is 7.01. The average molecular weight is 369 g/mol. The lowest BCUT2D eigenvalue weighted by Gasteiger charge is -2.26. The van der Waals surface area contributed by atoms with Gasteiger partial charge in [-0.3, -0.25) is 0 Å². The van der Waals surface area contributed by atoms with Crippen molar-refractivity contribution in [2.24, 2.45) is 5.73 Å². The van der Waals surface area contributed by atoms with Crippen molar-refractivity contribution in [2.45, 2.75) is 18.9 Å². The predicted octanol–water partition coefficient (Wildman–Crippen LogP) is 4.63. The van der Waals surface area contributed by atoms with Gasteiger partial charge in [-0.2, -0.15) is 0 Å². The van der Waals surface area contributed by atoms with E-state index in [1.165, 1.54) is 5.56 Å². The fourth-order valence-corrected chi connectivity index (χ4v) is 3.05. The average Bonchev–Trinajstić information content (AvgIpc) is 2.32. The molecule has 0 saturated heterocycles. The highest BCUT2D eigenvalue weighted by Gasteiger charge is 2.23. The van der Waals surface area contributed by atoms with E-state index in [1.54, 1.807) is 0 Å². The highest BCUT2D eigenvalue weighted by molar-refractivity contribution is 9.10. The molecule has 1 unspecified atom stereocenters. The summed E-state index contributed by atoms with van der Waals surface area (Å²) < 4.78 is 2.15. The predicted molar refractivity (Wildman–Crippen MR) is 83.5 cm³/mol. The molecule has 3 heteroatoms. The van der Waals surface area contributed by atoms with Crippen molar-refractivity contribution in [3.05, 3.63) is 68.6 Å². The molecule has 2 rings (SSSR count). The molecule has 18 heavy (non-hydrogen) atoms. The van der Waals surface area contributed by atoms with Crippen LogP contribution in [-0.2, 0) is 12.0 Å². The van der Waals surface area contributed by atoms with Crippen molar-refractivity contribution in [1.29, 1.82) is 0 Å². The summed E-state index contributed by atoms with van der Waals surface area (Å²) in [4.78, 5) is 0. The molecule has 0 aliphatic rings. The normalized spacial score (nSPS) is 14.2. The Kier molecular flexibility index (Phi) is 4.25. The maximum Gasteiger partial charge on any atom is 0.0433 e. The Morgan fingerprint density at radius 3 is 2.22 bits per heavy atom. The minimum Gasteiger partial charge on any atom is -0.321 e. The summed E-state index contributed by atoms with van der Waals surface area (Å²) in [5, 5.41) is 0. The molecule has 0 radical (unpaired) electrons. The van der Waals surface area contributed by atoms with E-state index >= 15 is 0 Å². The number of nitrogens with two attached hydrogens (primary N) is 1. The Morgan fingerprint density at radius 2 is 1.61 bits per heavy atom. The minimum atomic E-state index is -0.381. The molecule has 0 saturated carbocycles. The first kappa shape index (κ1) is 13.8. The summed E-state index contributed by atoms with van der Waals surface area (Å²) in [7, 11) is 0. The molecule has 2 aromatic rings. The van der Waals surface area contributed by atoms with E-state index in [9.17, 15) is 0 Å². The van der Waals surface area contributed by atoms with E-state index < -0.39 is 0 Å². The van der Waals surface area contributed by atoms with Crippen molar-refractivity contribution >= 4 is 31.9 Å². The van der Waals surface area contributed by atoms with Gasteiger partial charge >= 0.3 is 0 Å². The van der Waals surface area contributed by atoms with E-state index in [4.69, 9.17) is 5.73 Å². The fourth-order valence-electron chi connectivity index (χ4n) is 2.05. The molecular weight excluding hydrogens is 354 g/mol. The summed E-state index contributed by atoms with van der Waals surface area (Å²) in [6, 6.07) is 16.4. The van der Waals surface area contributed by atoms with Crippen molar-refractivity contribution in [3.63, 3.8) is 0 Å². The van der Waals surface area contributed by atoms with Gasteiger partial charge in [0.15, 0.2) is 0 Å². The largest absolute Gasteiger partial charge is 0.321 e. The molecule has 0 spiro atoms. The van der Waals surface area contributed by atoms with Gasteiger partial charge in [-0.1, -0.05) is 62.2 Å². The molecule has 2 N–H and O–H groups in total. The molecule has 94 valence electrons. The molecule has 0 amide bonds. The second-order valence-corrected chi connectivity index (χ2v) is 6.47. The molecule has 0 aliphatic carbocycles. The molecule has 0 fully saturated rings. The first-order valence-electron chi connectivity index (χ1n) is 5.77. The summed E-state index contributed by atoms with van der Waals surface area (Å²) in [5.41, 5.74) is 8.45. The number of rotatable bonds is 3. The highest BCUT2D eigenvalue weighted by atomic mass is 79.9. The monoisotopic (exact) mass is 367 g/mol. The van der Waals surface area contributed by atoms with Crippen LogP contribution >= 0.6 is 31.9 Å². The zero-order valence-electron chi connectivity index (χ0n) is 10.2. The number of hydrogen-bond acceptors (Lipinski definition) is 1. The van der Waals surface area contributed by atoms with E-state index in [2.05, 4.69) is 57.0 Å². The Balaban J connectivity index is 2.27. The second-order valence-electron chi connectivity index (χ2n) is 4.70. The van der Waals surface area contributed by atoms with Gasteiger partial charge in [-0.25, -0.2) is 0 Å². The van der Waals surface area contributed by atoms with Crippen LogP contribution in [0.25, 0.3) is 0 Å². The van der Waals surface area contributed by atoms with E-state index in [0.717, 1.165) is 20.9 Å². The Bertz CT molecular complexity index is 532. The quantitative estimate of drug-likeness (QED) is 0.839. The van der Waals surface area contributed by atoms with Gasteiger partial charge in [0.1, 0.15) is 0 Å². The van der Waals surface area contributed by atoms with E-state index in [0.29, 0.717) is 0 Å². The van der Waals surface area contributed by atoms with Gasteiger partial charge in [0, 0.05) is 14.5 Å². The molecule has 1 nitrogen and oxygen atoms in total. The van der Waals surface area contributed by atoms with Crippen LogP contribution < -0.4 is 5.73 Å². The summed E-state index contributed by atoms with van der Waals surface area (Å²) in [5.74, 6) is 0. The lowest BCUT2D eigenvalue weighted by atomic mass is 9.87. The summed E-state index contributed by atoms with van der Waals surface area (Å²) in [6.45, 7) is 2.06. The summed E-state index contributed by atoms with van der Waals surface area (Å²) in [6.07, 6.45) is 0.808. The minimum absolute atomic E-state index is 0.381. The smallest absolute Gasteiger partial charge is 0.0433 e. The maximum absolute atomic E-state index is 6.47. The highest BCUT2D eigenvalue weighted by Crippen LogP contribution is 2.29. The maximum atomic E-state index is 6.47. The van der Waals surface area contributed by atoms with Crippen molar-refractivity contribution in [3.8, 4) is 0 Å². The van der Waals surface area contributed by atoms with Crippen molar-refractivity contribution in [2.75, 3.05) is 0 Å². The van der Waals surface area contributed by atoms with Crippen LogP contribution in [0.15, 0.2) is 57.5 Å². The molecule has 0 aromatic heterocycles.